The minimum atomic E-state index is -1.22. The number of imide groups is 1. The van der Waals surface area contributed by atoms with Crippen molar-refractivity contribution in [3.8, 4) is 22.8 Å². The zero-order chi connectivity index (χ0) is 38.8. The van der Waals surface area contributed by atoms with Gasteiger partial charge in [0.15, 0.2) is 11.9 Å². The molecule has 3 amide bonds. The molecule has 3 aromatic carbocycles. The average molecular weight is 768 g/mol. The fourth-order valence-corrected chi connectivity index (χ4v) is 9.91. The van der Waals surface area contributed by atoms with Crippen molar-refractivity contribution in [2.24, 2.45) is 5.41 Å². The lowest BCUT2D eigenvalue weighted by Gasteiger charge is -2.56. The van der Waals surface area contributed by atoms with Crippen LogP contribution in [0, 0.1) is 5.41 Å². The topological polar surface area (TPSA) is 172 Å². The summed E-state index contributed by atoms with van der Waals surface area (Å²) < 4.78 is 8.09. The number of anilines is 2. The number of fused-ring (bicyclic) bond motifs is 2. The predicted molar refractivity (Wildman–Crippen MR) is 212 cm³/mol. The van der Waals surface area contributed by atoms with Gasteiger partial charge in [-0.25, -0.2) is 14.6 Å². The number of aromatic nitrogens is 4. The number of nitrogens with one attached hydrogen (secondary N) is 1. The van der Waals surface area contributed by atoms with E-state index in [1.54, 1.807) is 6.07 Å². The number of benzene rings is 3. The molecule has 3 saturated heterocycles. The molecule has 1 aliphatic carbocycles. The average Bonchev–Trinajstić information content (AvgIpc) is 3.73. The number of nitrogen functional groups attached to an aromatic ring is 1. The number of aliphatic hydroxyl groups excluding tert-OH is 1. The Kier molecular flexibility index (Phi) is 8.70. The molecule has 5 aliphatic rings. The Morgan fingerprint density at radius 1 is 0.842 bits per heavy atom. The van der Waals surface area contributed by atoms with Crippen molar-refractivity contribution < 1.29 is 24.2 Å². The molecule has 0 radical (unpaired) electrons. The number of carbonyl (C=O) groups is 3. The van der Waals surface area contributed by atoms with Crippen LogP contribution in [0.25, 0.3) is 22.3 Å². The molecule has 1 spiro atoms. The number of aliphatic hydroxyl groups is 1. The summed E-state index contributed by atoms with van der Waals surface area (Å²) in [7, 11) is 0. The Morgan fingerprint density at radius 3 is 2.32 bits per heavy atom. The minimum absolute atomic E-state index is 0.141. The highest BCUT2D eigenvalue weighted by molar-refractivity contribution is 6.06. The number of ether oxygens (including phenoxy) is 1. The zero-order valence-corrected chi connectivity index (χ0v) is 31.6. The molecular weight excluding hydrogens is 723 g/mol. The molecule has 5 aromatic rings. The lowest BCUT2D eigenvalue weighted by molar-refractivity contribution is -0.139. The number of nitrogens with zero attached hydrogens (tertiary/aromatic N) is 7. The number of nitrogens with two attached hydrogens (primary N) is 1. The summed E-state index contributed by atoms with van der Waals surface area (Å²) in [6.45, 7) is 3.84. The molecule has 10 rings (SSSR count). The number of hydrogen-bond donors (Lipinski definition) is 3. The zero-order valence-electron chi connectivity index (χ0n) is 31.6. The third kappa shape index (κ3) is 6.27. The van der Waals surface area contributed by atoms with Gasteiger partial charge in [0.05, 0.1) is 11.4 Å². The summed E-state index contributed by atoms with van der Waals surface area (Å²) >= 11 is 0. The monoisotopic (exact) mass is 767 g/mol. The molecule has 4 aliphatic heterocycles. The van der Waals surface area contributed by atoms with Crippen LogP contribution >= 0.6 is 0 Å². The molecule has 0 bridgehead atoms. The molecule has 2 unspecified atom stereocenters. The fourth-order valence-electron chi connectivity index (χ4n) is 9.91. The van der Waals surface area contributed by atoms with E-state index in [0.717, 1.165) is 91.3 Å². The number of amides is 3. The van der Waals surface area contributed by atoms with Crippen LogP contribution < -0.4 is 20.7 Å². The molecule has 292 valence electrons. The van der Waals surface area contributed by atoms with Gasteiger partial charge in [-0.3, -0.25) is 24.6 Å². The van der Waals surface area contributed by atoms with Crippen LogP contribution in [-0.2, 0) is 9.59 Å². The second-order valence-corrected chi connectivity index (χ2v) is 16.3. The Bertz CT molecular complexity index is 2360. The van der Waals surface area contributed by atoms with Gasteiger partial charge in [0, 0.05) is 61.0 Å². The number of carbonyl (C=O) groups excluding carboxylic acids is 3. The van der Waals surface area contributed by atoms with Gasteiger partial charge in [0.2, 0.25) is 11.8 Å². The van der Waals surface area contributed by atoms with E-state index in [4.69, 9.17) is 15.6 Å². The Balaban J connectivity index is 0.753. The summed E-state index contributed by atoms with van der Waals surface area (Å²) in [5.74, 6) is 0.684. The van der Waals surface area contributed by atoms with E-state index in [9.17, 15) is 19.5 Å². The van der Waals surface area contributed by atoms with Crippen LogP contribution in [0.3, 0.4) is 0 Å². The van der Waals surface area contributed by atoms with Gasteiger partial charge in [-0.05, 0) is 105 Å². The van der Waals surface area contributed by atoms with Crippen molar-refractivity contribution in [1.82, 2.24) is 34.9 Å². The van der Waals surface area contributed by atoms with Crippen molar-refractivity contribution >= 4 is 40.3 Å². The molecule has 2 aromatic heterocycles. The number of hydrogen-bond acceptors (Lipinski definition) is 11. The predicted octanol–water partition coefficient (Wildman–Crippen LogP) is 5.21. The second kappa shape index (κ2) is 14.0. The number of rotatable bonds is 7. The maximum atomic E-state index is 13.2. The summed E-state index contributed by atoms with van der Waals surface area (Å²) in [5, 5.41) is 19.4. The molecule has 2 atom stereocenters. The maximum absolute atomic E-state index is 13.2. The van der Waals surface area contributed by atoms with E-state index >= 15 is 0 Å². The summed E-state index contributed by atoms with van der Waals surface area (Å²) in [6, 6.07) is 23.2. The van der Waals surface area contributed by atoms with Crippen LogP contribution in [0.4, 0.5) is 11.5 Å². The first-order valence-corrected chi connectivity index (χ1v) is 20.0. The number of piperidine rings is 3. The third-order valence-electron chi connectivity index (χ3n) is 13.1. The van der Waals surface area contributed by atoms with Gasteiger partial charge in [-0.15, -0.1) is 0 Å². The van der Waals surface area contributed by atoms with Crippen LogP contribution in [0.1, 0.15) is 79.6 Å². The van der Waals surface area contributed by atoms with E-state index in [2.05, 4.69) is 29.8 Å². The Morgan fingerprint density at radius 2 is 1.58 bits per heavy atom. The van der Waals surface area contributed by atoms with Gasteiger partial charge in [0.1, 0.15) is 35.4 Å². The van der Waals surface area contributed by atoms with Crippen molar-refractivity contribution in [2.45, 2.75) is 75.7 Å². The highest BCUT2D eigenvalue weighted by Crippen LogP contribution is 2.52. The Hall–Kier alpha value is -5.86. The van der Waals surface area contributed by atoms with Crippen molar-refractivity contribution in [3.05, 3.63) is 90.3 Å². The van der Waals surface area contributed by atoms with Gasteiger partial charge in [-0.2, -0.15) is 5.10 Å². The standard InChI is InChI=1S/C43H45N9O5/c44-38-36-37(26-6-9-31(10-7-26)57-30-4-2-1-3-5-30)48-52(39(36)46-25-45-38)27-14-18-49(19-15-27)29-23-43(24-29)16-20-50(21-17-43)28-8-11-32-33(22-28)42(56)51(41(32)55)34-12-13-35(53)47-40(34)54/h1-11,22,25,27,29,34,42,56H,12-21,23-24H2,(H2,44,45,46)(H,47,53,54). The lowest BCUT2D eigenvalue weighted by Crippen LogP contribution is -2.56. The SMILES string of the molecule is Nc1ncnc2c1c(-c1ccc(Oc3ccccc3)cc1)nn2C1CCN(C2CC3(CCN(c4ccc5c(c4)C(O)N(C4CCC(=O)NC4=O)C5=O)CC3)C2)CC1. The fraction of sp³-hybridized carbons (Fsp3) is 0.395. The molecule has 6 heterocycles. The van der Waals surface area contributed by atoms with Crippen LogP contribution in [0.15, 0.2) is 79.1 Å². The van der Waals surface area contributed by atoms with Gasteiger partial charge in [-0.1, -0.05) is 18.2 Å². The van der Waals surface area contributed by atoms with E-state index in [-0.39, 0.29) is 30.7 Å². The molecule has 57 heavy (non-hydrogen) atoms. The van der Waals surface area contributed by atoms with Crippen LogP contribution in [0.5, 0.6) is 11.5 Å². The highest BCUT2D eigenvalue weighted by Gasteiger charge is 2.49. The normalized spacial score (nSPS) is 22.9. The smallest absolute Gasteiger partial charge is 0.257 e. The maximum Gasteiger partial charge on any atom is 0.257 e. The molecular formula is C43H45N9O5. The molecule has 4 N–H and O–H groups in total. The quantitative estimate of drug-likeness (QED) is 0.186. The third-order valence-corrected chi connectivity index (χ3v) is 13.1. The van der Waals surface area contributed by atoms with Crippen LogP contribution in [-0.4, -0.2) is 90.6 Å². The first-order chi connectivity index (χ1) is 27.7. The molecule has 1 saturated carbocycles. The molecule has 14 nitrogen and oxygen atoms in total. The summed E-state index contributed by atoms with van der Waals surface area (Å²) in [6.07, 6.45) is 7.22. The van der Waals surface area contributed by atoms with Crippen molar-refractivity contribution in [1.29, 1.82) is 0 Å². The van der Waals surface area contributed by atoms with E-state index in [1.165, 1.54) is 24.1 Å². The van der Waals surface area contributed by atoms with Gasteiger partial charge in [0.25, 0.3) is 5.91 Å². The van der Waals surface area contributed by atoms with E-state index in [1.807, 2.05) is 66.7 Å². The van der Waals surface area contributed by atoms with Crippen molar-refractivity contribution in [2.75, 3.05) is 36.8 Å². The minimum Gasteiger partial charge on any atom is -0.457 e. The van der Waals surface area contributed by atoms with Gasteiger partial charge >= 0.3 is 0 Å². The van der Waals surface area contributed by atoms with Gasteiger partial charge < -0.3 is 25.4 Å². The highest BCUT2D eigenvalue weighted by atomic mass is 16.5. The molecule has 14 heteroatoms. The van der Waals surface area contributed by atoms with Crippen LogP contribution in [0.2, 0.25) is 0 Å². The van der Waals surface area contributed by atoms with E-state index in [0.29, 0.717) is 28.4 Å². The number of likely N-dealkylation sites (tertiary alicyclic amines) is 1. The largest absolute Gasteiger partial charge is 0.457 e. The first kappa shape index (κ1) is 35.5. The molecule has 4 fully saturated rings. The lowest BCUT2D eigenvalue weighted by atomic mass is 9.59. The summed E-state index contributed by atoms with van der Waals surface area (Å²) in [4.78, 5) is 52.7. The van der Waals surface area contributed by atoms with E-state index < -0.39 is 18.2 Å². The Labute approximate surface area is 329 Å². The summed E-state index contributed by atoms with van der Waals surface area (Å²) in [5.41, 5.74) is 11.2. The second-order valence-electron chi connectivity index (χ2n) is 16.3. The van der Waals surface area contributed by atoms with Crippen molar-refractivity contribution in [3.63, 3.8) is 0 Å². The first-order valence-electron chi connectivity index (χ1n) is 20.0. The number of para-hydroxylation sites is 1.